The molecule has 0 radical (unpaired) electrons. The van der Waals surface area contributed by atoms with Crippen molar-refractivity contribution in [1.29, 1.82) is 0 Å². The van der Waals surface area contributed by atoms with Gasteiger partial charge in [-0.2, -0.15) is 4.36 Å². The summed E-state index contributed by atoms with van der Waals surface area (Å²) in [6.07, 6.45) is 4.22. The molecule has 2 rings (SSSR count). The van der Waals surface area contributed by atoms with Crippen LogP contribution in [0.4, 0.5) is 5.95 Å². The smallest absolute Gasteiger partial charge is 0.249 e. The van der Waals surface area contributed by atoms with Crippen molar-refractivity contribution in [2.75, 3.05) is 11.5 Å². The van der Waals surface area contributed by atoms with E-state index in [4.69, 9.17) is 0 Å². The molecule has 1 aliphatic heterocycles. The summed E-state index contributed by atoms with van der Waals surface area (Å²) in [6, 6.07) is 1.71. The van der Waals surface area contributed by atoms with E-state index in [1.165, 1.54) is 0 Å². The van der Waals surface area contributed by atoms with E-state index >= 15 is 0 Å². The zero-order valence-electron chi connectivity index (χ0n) is 6.51. The van der Waals surface area contributed by atoms with Crippen molar-refractivity contribution < 1.29 is 4.21 Å². The van der Waals surface area contributed by atoms with Crippen LogP contribution in [0.1, 0.15) is 6.42 Å². The molecule has 1 aliphatic rings. The lowest BCUT2D eigenvalue weighted by molar-refractivity contribution is 0.663. The maximum atomic E-state index is 11.6. The van der Waals surface area contributed by atoms with E-state index in [0.29, 0.717) is 17.5 Å². The van der Waals surface area contributed by atoms with Crippen LogP contribution in [0.3, 0.4) is 0 Å². The lowest BCUT2D eigenvalue weighted by Crippen LogP contribution is -2.23. The zero-order chi connectivity index (χ0) is 8.44. The Kier molecular flexibility index (Phi) is 1.80. The summed E-state index contributed by atoms with van der Waals surface area (Å²) in [5.41, 5.74) is 0. The van der Waals surface area contributed by atoms with E-state index in [9.17, 15) is 4.21 Å². The average Bonchev–Trinajstić information content (AvgIpc) is 2.04. The molecule has 2 heterocycles. The van der Waals surface area contributed by atoms with Crippen LogP contribution in [-0.2, 0) is 9.73 Å². The Balaban J connectivity index is 2.35. The number of aromatic nitrogens is 2. The highest BCUT2D eigenvalue weighted by molar-refractivity contribution is 7.95. The quantitative estimate of drug-likeness (QED) is 0.652. The van der Waals surface area contributed by atoms with Gasteiger partial charge in [0.15, 0.2) is 0 Å². The zero-order valence-corrected chi connectivity index (χ0v) is 7.33. The first-order chi connectivity index (χ1) is 5.79. The standard InChI is InChI=1S/C7H9N3OS/c11-12(5-2-6-12)10-7-8-3-1-4-9-7/h1,3-4H,2,5-6H2. The molecule has 5 heteroatoms. The highest BCUT2D eigenvalue weighted by Gasteiger charge is 2.19. The third-order valence-electron chi connectivity index (χ3n) is 1.73. The van der Waals surface area contributed by atoms with E-state index < -0.39 is 9.73 Å². The van der Waals surface area contributed by atoms with E-state index in [1.54, 1.807) is 18.5 Å². The van der Waals surface area contributed by atoms with Gasteiger partial charge in [-0.1, -0.05) is 0 Å². The summed E-state index contributed by atoms with van der Waals surface area (Å²) in [5.74, 6) is 1.75. The summed E-state index contributed by atoms with van der Waals surface area (Å²) < 4.78 is 15.6. The highest BCUT2D eigenvalue weighted by atomic mass is 32.2. The molecule has 1 fully saturated rings. The van der Waals surface area contributed by atoms with Crippen molar-refractivity contribution in [3.63, 3.8) is 0 Å². The highest BCUT2D eigenvalue weighted by Crippen LogP contribution is 2.16. The van der Waals surface area contributed by atoms with Crippen LogP contribution >= 0.6 is 0 Å². The third kappa shape index (κ3) is 1.45. The minimum Gasteiger partial charge on any atom is -0.249 e. The molecule has 12 heavy (non-hydrogen) atoms. The van der Waals surface area contributed by atoms with E-state index in [0.717, 1.165) is 6.42 Å². The molecule has 1 aromatic rings. The predicted molar refractivity (Wildman–Crippen MR) is 46.6 cm³/mol. The summed E-state index contributed by atoms with van der Waals surface area (Å²) in [4.78, 5) is 7.78. The van der Waals surface area contributed by atoms with Crippen molar-refractivity contribution >= 4 is 15.7 Å². The van der Waals surface area contributed by atoms with Crippen LogP contribution in [0.2, 0.25) is 0 Å². The maximum Gasteiger partial charge on any atom is 0.257 e. The summed E-state index contributed by atoms with van der Waals surface area (Å²) in [7, 11) is -1.94. The van der Waals surface area contributed by atoms with Crippen LogP contribution in [-0.4, -0.2) is 25.7 Å². The Morgan fingerprint density at radius 3 is 2.50 bits per heavy atom. The summed E-state index contributed by atoms with van der Waals surface area (Å²) in [5, 5.41) is 0. The first-order valence-electron chi connectivity index (χ1n) is 3.78. The largest absolute Gasteiger partial charge is 0.257 e. The van der Waals surface area contributed by atoms with Crippen LogP contribution in [0.25, 0.3) is 0 Å². The van der Waals surface area contributed by atoms with Crippen molar-refractivity contribution in [3.8, 4) is 0 Å². The number of nitrogens with zero attached hydrogens (tertiary/aromatic N) is 3. The van der Waals surface area contributed by atoms with Crippen molar-refractivity contribution in [1.82, 2.24) is 9.97 Å². The fourth-order valence-electron chi connectivity index (χ4n) is 0.970. The molecule has 0 aliphatic carbocycles. The topological polar surface area (TPSA) is 55.2 Å². The molecule has 0 saturated carbocycles. The Labute approximate surface area is 71.2 Å². The Morgan fingerprint density at radius 1 is 1.33 bits per heavy atom. The van der Waals surface area contributed by atoms with Crippen LogP contribution in [0, 0.1) is 0 Å². The summed E-state index contributed by atoms with van der Waals surface area (Å²) >= 11 is 0. The number of hydrogen-bond acceptors (Lipinski definition) is 4. The molecule has 0 bridgehead atoms. The average molecular weight is 183 g/mol. The van der Waals surface area contributed by atoms with Crippen LogP contribution in [0.15, 0.2) is 22.8 Å². The molecule has 0 spiro atoms. The van der Waals surface area contributed by atoms with Gasteiger partial charge >= 0.3 is 0 Å². The first kappa shape index (κ1) is 7.67. The minimum absolute atomic E-state index is 0.349. The molecule has 1 saturated heterocycles. The van der Waals surface area contributed by atoms with E-state index in [1.807, 2.05) is 0 Å². The Hall–Kier alpha value is -0.970. The van der Waals surface area contributed by atoms with E-state index in [-0.39, 0.29) is 0 Å². The molecule has 0 N–H and O–H groups in total. The lowest BCUT2D eigenvalue weighted by Gasteiger charge is -2.16. The monoisotopic (exact) mass is 183 g/mol. The van der Waals surface area contributed by atoms with Gasteiger partial charge in [-0.3, -0.25) is 0 Å². The second-order valence-corrected chi connectivity index (χ2v) is 5.22. The van der Waals surface area contributed by atoms with Gasteiger partial charge in [0, 0.05) is 23.9 Å². The van der Waals surface area contributed by atoms with Gasteiger partial charge in [0.2, 0.25) is 0 Å². The first-order valence-corrected chi connectivity index (χ1v) is 5.63. The van der Waals surface area contributed by atoms with Gasteiger partial charge in [0.25, 0.3) is 5.95 Å². The lowest BCUT2D eigenvalue weighted by atomic mass is 10.5. The van der Waals surface area contributed by atoms with Gasteiger partial charge in [-0.25, -0.2) is 14.2 Å². The van der Waals surface area contributed by atoms with Gasteiger partial charge in [0.1, 0.15) is 0 Å². The predicted octanol–water partition coefficient (Wildman–Crippen LogP) is 0.980. The van der Waals surface area contributed by atoms with Crippen molar-refractivity contribution in [2.45, 2.75) is 6.42 Å². The SMILES string of the molecule is O=S1(=Nc2ncccn2)CCC1. The second kappa shape index (κ2) is 2.82. The van der Waals surface area contributed by atoms with Crippen molar-refractivity contribution in [3.05, 3.63) is 18.5 Å². The molecular formula is C7H9N3OS. The molecule has 1 aromatic heterocycles. The maximum absolute atomic E-state index is 11.6. The fourth-order valence-corrected chi connectivity index (χ4v) is 2.33. The fraction of sp³-hybridized carbons (Fsp3) is 0.429. The molecule has 0 atom stereocenters. The molecule has 64 valence electrons. The van der Waals surface area contributed by atoms with Gasteiger partial charge in [-0.05, 0) is 12.5 Å². The Bertz CT molecular complexity index is 371. The van der Waals surface area contributed by atoms with Gasteiger partial charge < -0.3 is 0 Å². The molecule has 0 amide bonds. The Morgan fingerprint density at radius 2 is 2.00 bits per heavy atom. The minimum atomic E-state index is -1.94. The van der Waals surface area contributed by atoms with Crippen molar-refractivity contribution in [2.24, 2.45) is 4.36 Å². The van der Waals surface area contributed by atoms with Crippen LogP contribution < -0.4 is 0 Å². The van der Waals surface area contributed by atoms with Gasteiger partial charge in [0.05, 0.1) is 9.73 Å². The molecular weight excluding hydrogens is 174 g/mol. The molecule has 4 nitrogen and oxygen atoms in total. The summed E-state index contributed by atoms with van der Waals surface area (Å²) in [6.45, 7) is 0. The molecule has 0 aromatic carbocycles. The number of rotatable bonds is 1. The second-order valence-electron chi connectivity index (χ2n) is 2.67. The molecule has 0 unspecified atom stereocenters. The third-order valence-corrected chi connectivity index (χ3v) is 4.08. The number of hydrogen-bond donors (Lipinski definition) is 0. The van der Waals surface area contributed by atoms with E-state index in [2.05, 4.69) is 14.3 Å². The van der Waals surface area contributed by atoms with Crippen LogP contribution in [0.5, 0.6) is 0 Å². The van der Waals surface area contributed by atoms with Gasteiger partial charge in [-0.15, -0.1) is 0 Å². The normalized spacial score (nSPS) is 19.7.